The molecule has 0 aliphatic carbocycles. The predicted molar refractivity (Wildman–Crippen MR) is 146 cm³/mol. The topological polar surface area (TPSA) is 76.8 Å². The van der Waals surface area contributed by atoms with Crippen LogP contribution in [0.5, 0.6) is 11.5 Å². The first-order chi connectivity index (χ1) is 18.5. The molecule has 9 heteroatoms. The van der Waals surface area contributed by atoms with Crippen LogP contribution in [0.2, 0.25) is 0 Å². The molecule has 2 aromatic carbocycles. The number of rotatable bonds is 9. The summed E-state index contributed by atoms with van der Waals surface area (Å²) in [6, 6.07) is 18.0. The van der Waals surface area contributed by atoms with Gasteiger partial charge in [-0.1, -0.05) is 6.07 Å². The normalized spacial score (nSPS) is 11.2. The molecule has 0 atom stereocenters. The summed E-state index contributed by atoms with van der Waals surface area (Å²) in [7, 11) is 7.31. The van der Waals surface area contributed by atoms with Crippen LogP contribution in [0.25, 0.3) is 28.3 Å². The summed E-state index contributed by atoms with van der Waals surface area (Å²) in [5, 5.41) is 3.29. The second-order valence-electron chi connectivity index (χ2n) is 9.08. The average molecular weight is 513 g/mol. The van der Waals surface area contributed by atoms with Gasteiger partial charge in [-0.05, 0) is 74.3 Å². The molecule has 0 aliphatic rings. The summed E-state index contributed by atoms with van der Waals surface area (Å²) in [6.07, 6.45) is 3.71. The fourth-order valence-corrected chi connectivity index (χ4v) is 4.45. The average Bonchev–Trinajstić information content (AvgIpc) is 3.30. The Hall–Kier alpha value is -4.50. The molecule has 0 aliphatic heterocycles. The second-order valence-corrected chi connectivity index (χ2v) is 9.08. The fourth-order valence-electron chi connectivity index (χ4n) is 4.45. The molecule has 194 valence electrons. The number of hydrogen-bond acceptors (Lipinski definition) is 7. The third-order valence-corrected chi connectivity index (χ3v) is 6.16. The van der Waals surface area contributed by atoms with Crippen LogP contribution in [-0.4, -0.2) is 52.6 Å². The van der Waals surface area contributed by atoms with E-state index in [1.807, 2.05) is 49.0 Å². The van der Waals surface area contributed by atoms with Crippen molar-refractivity contribution in [1.82, 2.24) is 24.3 Å². The van der Waals surface area contributed by atoms with Gasteiger partial charge < -0.3 is 19.7 Å². The van der Waals surface area contributed by atoms with E-state index in [1.54, 1.807) is 32.5 Å². The summed E-state index contributed by atoms with van der Waals surface area (Å²) in [5.41, 5.74) is 5.77. The predicted octanol–water partition coefficient (Wildman–Crippen LogP) is 5.29. The minimum Gasteiger partial charge on any atom is -0.496 e. The number of nitrogens with one attached hydrogen (secondary N) is 1. The molecule has 0 amide bonds. The minimum absolute atomic E-state index is 0.298. The van der Waals surface area contributed by atoms with Crippen LogP contribution in [0.1, 0.15) is 11.1 Å². The summed E-state index contributed by atoms with van der Waals surface area (Å²) in [4.78, 5) is 16.3. The number of imidazole rings is 1. The Morgan fingerprint density at radius 1 is 0.947 bits per heavy atom. The Morgan fingerprint density at radius 2 is 1.68 bits per heavy atom. The van der Waals surface area contributed by atoms with Gasteiger partial charge in [-0.25, -0.2) is 19.3 Å². The molecule has 38 heavy (non-hydrogen) atoms. The second kappa shape index (κ2) is 10.9. The van der Waals surface area contributed by atoms with Crippen molar-refractivity contribution in [3.8, 4) is 34.1 Å². The van der Waals surface area contributed by atoms with E-state index in [4.69, 9.17) is 19.4 Å². The third kappa shape index (κ3) is 5.14. The molecular formula is C29H29FN6O2. The van der Waals surface area contributed by atoms with Crippen LogP contribution in [0, 0.1) is 5.82 Å². The highest BCUT2D eigenvalue weighted by atomic mass is 19.1. The Labute approximate surface area is 220 Å². The van der Waals surface area contributed by atoms with Crippen molar-refractivity contribution in [1.29, 1.82) is 0 Å². The van der Waals surface area contributed by atoms with Crippen molar-refractivity contribution in [3.63, 3.8) is 0 Å². The van der Waals surface area contributed by atoms with Crippen LogP contribution in [-0.2, 0) is 13.1 Å². The number of nitrogens with zero attached hydrogens (tertiary/aromatic N) is 5. The zero-order chi connectivity index (χ0) is 26.6. The van der Waals surface area contributed by atoms with E-state index in [1.165, 1.54) is 12.1 Å². The molecule has 0 saturated carbocycles. The molecule has 0 fully saturated rings. The first kappa shape index (κ1) is 25.2. The van der Waals surface area contributed by atoms with Gasteiger partial charge in [0.15, 0.2) is 0 Å². The zero-order valence-electron chi connectivity index (χ0n) is 21.8. The number of benzene rings is 2. The highest BCUT2D eigenvalue weighted by molar-refractivity contribution is 5.80. The number of hydrogen-bond donors (Lipinski definition) is 1. The Morgan fingerprint density at radius 3 is 2.37 bits per heavy atom. The number of fused-ring (bicyclic) bond motifs is 1. The van der Waals surface area contributed by atoms with Gasteiger partial charge in [-0.2, -0.15) is 0 Å². The van der Waals surface area contributed by atoms with Gasteiger partial charge in [0.1, 0.15) is 23.0 Å². The Bertz CT molecular complexity index is 1540. The first-order valence-corrected chi connectivity index (χ1v) is 12.2. The number of anilines is 1. The lowest BCUT2D eigenvalue weighted by Crippen LogP contribution is -2.10. The SMILES string of the molecule is COc1cccc(OC)c1CNc1nccc(-c2c(-c3ccc(F)cc3)nc3cc(CN(C)C)ccn23)n1. The number of aromatic nitrogens is 4. The van der Waals surface area contributed by atoms with E-state index in [0.29, 0.717) is 35.4 Å². The Kier molecular flexibility index (Phi) is 7.19. The quantitative estimate of drug-likeness (QED) is 0.288. The third-order valence-electron chi connectivity index (χ3n) is 6.16. The summed E-state index contributed by atoms with van der Waals surface area (Å²) in [6.45, 7) is 1.20. The summed E-state index contributed by atoms with van der Waals surface area (Å²) < 4.78 is 26.7. The van der Waals surface area contributed by atoms with E-state index in [0.717, 1.165) is 34.6 Å². The maximum Gasteiger partial charge on any atom is 0.223 e. The summed E-state index contributed by atoms with van der Waals surface area (Å²) in [5.74, 6) is 1.57. The lowest BCUT2D eigenvalue weighted by Gasteiger charge is -2.14. The van der Waals surface area contributed by atoms with E-state index in [9.17, 15) is 4.39 Å². The van der Waals surface area contributed by atoms with Crippen LogP contribution in [0.15, 0.2) is 73.1 Å². The highest BCUT2D eigenvalue weighted by Gasteiger charge is 2.19. The van der Waals surface area contributed by atoms with Gasteiger partial charge in [0.25, 0.3) is 0 Å². The van der Waals surface area contributed by atoms with Crippen molar-refractivity contribution in [2.45, 2.75) is 13.1 Å². The molecular weight excluding hydrogens is 483 g/mol. The van der Waals surface area contributed by atoms with E-state index < -0.39 is 0 Å². The van der Waals surface area contributed by atoms with Crippen molar-refractivity contribution < 1.29 is 13.9 Å². The van der Waals surface area contributed by atoms with E-state index in [2.05, 4.69) is 27.3 Å². The Balaban J connectivity index is 1.56. The molecule has 0 radical (unpaired) electrons. The standard InChI is InChI=1S/C29H29FN6O2/c1-35(2)18-19-13-15-36-26(16-19)34-27(20-8-10-21(30)11-9-20)28(36)23-12-14-31-29(33-23)32-17-22-24(37-3)6-5-7-25(22)38-4/h5-16H,17-18H2,1-4H3,(H,31,32,33). The zero-order valence-corrected chi connectivity index (χ0v) is 21.8. The van der Waals surface area contributed by atoms with Gasteiger partial charge in [-0.15, -0.1) is 0 Å². The van der Waals surface area contributed by atoms with Crippen molar-refractivity contribution in [2.75, 3.05) is 33.6 Å². The van der Waals surface area contributed by atoms with E-state index in [-0.39, 0.29) is 5.82 Å². The molecule has 5 rings (SSSR count). The van der Waals surface area contributed by atoms with Crippen molar-refractivity contribution in [3.05, 3.63) is 90.0 Å². The van der Waals surface area contributed by atoms with E-state index >= 15 is 0 Å². The van der Waals surface area contributed by atoms with Gasteiger partial charge in [-0.3, -0.25) is 4.40 Å². The smallest absolute Gasteiger partial charge is 0.223 e. The molecule has 3 aromatic heterocycles. The van der Waals surface area contributed by atoms with Gasteiger partial charge in [0, 0.05) is 24.5 Å². The number of methoxy groups -OCH3 is 2. The van der Waals surface area contributed by atoms with Crippen LogP contribution < -0.4 is 14.8 Å². The molecule has 5 aromatic rings. The molecule has 1 N–H and O–H groups in total. The molecule has 3 heterocycles. The van der Waals surface area contributed by atoms with Crippen molar-refractivity contribution in [2.24, 2.45) is 0 Å². The van der Waals surface area contributed by atoms with Crippen molar-refractivity contribution >= 4 is 11.6 Å². The van der Waals surface area contributed by atoms with Crippen LogP contribution in [0.3, 0.4) is 0 Å². The maximum atomic E-state index is 13.7. The number of halogens is 1. The van der Waals surface area contributed by atoms with Gasteiger partial charge >= 0.3 is 0 Å². The highest BCUT2D eigenvalue weighted by Crippen LogP contribution is 2.33. The number of ether oxygens (including phenoxy) is 2. The lowest BCUT2D eigenvalue weighted by atomic mass is 10.1. The fraction of sp³-hybridized carbons (Fsp3) is 0.207. The monoisotopic (exact) mass is 512 g/mol. The maximum absolute atomic E-state index is 13.7. The minimum atomic E-state index is -0.298. The summed E-state index contributed by atoms with van der Waals surface area (Å²) >= 11 is 0. The number of pyridine rings is 1. The molecule has 0 bridgehead atoms. The molecule has 0 unspecified atom stereocenters. The lowest BCUT2D eigenvalue weighted by molar-refractivity contribution is 0.386. The van der Waals surface area contributed by atoms with Crippen LogP contribution >= 0.6 is 0 Å². The molecule has 0 spiro atoms. The van der Waals surface area contributed by atoms with Gasteiger partial charge in [0.2, 0.25) is 5.95 Å². The largest absolute Gasteiger partial charge is 0.496 e. The first-order valence-electron chi connectivity index (χ1n) is 12.2. The van der Waals surface area contributed by atoms with Crippen LogP contribution in [0.4, 0.5) is 10.3 Å². The van der Waals surface area contributed by atoms with Gasteiger partial charge in [0.05, 0.1) is 43.4 Å². The molecule has 0 saturated heterocycles. The molecule has 8 nitrogen and oxygen atoms in total.